The molecule has 0 heterocycles. The smallest absolute Gasteiger partial charge is 0.226 e. The Morgan fingerprint density at radius 2 is 1.91 bits per heavy atom. The second kappa shape index (κ2) is 12.2. The molecule has 0 aromatic heterocycles. The van der Waals surface area contributed by atoms with E-state index in [4.69, 9.17) is 0 Å². The fraction of sp³-hybridized carbons (Fsp3) is 0.692. The SMILES string of the molecule is CC(C)(C=O)NSc1ccccc1Br.CNC1C(C)CC2CC1CC(C)(C(=O)NC(C)C)C2. The third-order valence-corrected chi connectivity index (χ3v) is 8.93. The molecule has 0 spiro atoms. The van der Waals surface area contributed by atoms with Crippen molar-refractivity contribution in [3.8, 4) is 0 Å². The van der Waals surface area contributed by atoms with Crippen LogP contribution < -0.4 is 15.4 Å². The predicted molar refractivity (Wildman–Crippen MR) is 142 cm³/mol. The quantitative estimate of drug-likeness (QED) is 0.311. The highest BCUT2D eigenvalue weighted by Gasteiger charge is 2.48. The third kappa shape index (κ3) is 8.08. The summed E-state index contributed by atoms with van der Waals surface area (Å²) in [5.41, 5.74) is -0.660. The summed E-state index contributed by atoms with van der Waals surface area (Å²) in [5.74, 6) is 2.41. The van der Waals surface area contributed by atoms with Crippen molar-refractivity contribution in [2.75, 3.05) is 7.05 Å². The summed E-state index contributed by atoms with van der Waals surface area (Å²) < 4.78 is 4.11. The lowest BCUT2D eigenvalue weighted by molar-refractivity contribution is -0.136. The minimum absolute atomic E-state index is 0.160. The van der Waals surface area contributed by atoms with Gasteiger partial charge in [0.15, 0.2) is 0 Å². The van der Waals surface area contributed by atoms with Crippen molar-refractivity contribution in [3.63, 3.8) is 0 Å². The van der Waals surface area contributed by atoms with E-state index >= 15 is 0 Å². The Hall–Kier alpha value is -0.890. The summed E-state index contributed by atoms with van der Waals surface area (Å²) in [6.45, 7) is 12.3. The molecule has 3 rings (SSSR count). The molecule has 33 heavy (non-hydrogen) atoms. The standard InChI is InChI=1S/C16H30N2O.C10H12BrNOS/c1-10(2)18-15(19)16(4)8-12-6-11(3)14(17-5)13(7-12)9-16;1-10(2,7-13)12-14-9-6-4-3-5-8(9)11/h10-14,17H,6-9H2,1-5H3,(H,18,19);3-7,12H,1-2H3. The monoisotopic (exact) mass is 539 g/mol. The van der Waals surface area contributed by atoms with Crippen LogP contribution in [-0.2, 0) is 9.59 Å². The van der Waals surface area contributed by atoms with Crippen molar-refractivity contribution in [2.24, 2.45) is 23.2 Å². The van der Waals surface area contributed by atoms with E-state index in [-0.39, 0.29) is 17.4 Å². The first-order valence-electron chi connectivity index (χ1n) is 12.0. The van der Waals surface area contributed by atoms with Crippen LogP contribution in [0.3, 0.4) is 0 Å². The summed E-state index contributed by atoms with van der Waals surface area (Å²) in [6, 6.07) is 8.70. The first-order chi connectivity index (χ1) is 15.4. The van der Waals surface area contributed by atoms with Crippen LogP contribution in [0, 0.1) is 23.2 Å². The molecule has 2 aliphatic rings. The van der Waals surface area contributed by atoms with Gasteiger partial charge in [-0.25, -0.2) is 4.72 Å². The van der Waals surface area contributed by atoms with Gasteiger partial charge in [0.25, 0.3) is 0 Å². The Kier molecular flexibility index (Phi) is 10.5. The number of aldehydes is 1. The molecule has 1 aromatic rings. The summed E-state index contributed by atoms with van der Waals surface area (Å²) in [4.78, 5) is 24.2. The van der Waals surface area contributed by atoms with Gasteiger partial charge in [-0.3, -0.25) is 4.79 Å². The van der Waals surface area contributed by atoms with E-state index in [1.807, 2.05) is 52.0 Å². The van der Waals surface area contributed by atoms with E-state index in [0.717, 1.165) is 40.3 Å². The number of carbonyl (C=O) groups is 2. The van der Waals surface area contributed by atoms with E-state index in [2.05, 4.69) is 52.2 Å². The van der Waals surface area contributed by atoms with Gasteiger partial charge in [0, 0.05) is 26.9 Å². The molecule has 0 aliphatic heterocycles. The van der Waals surface area contributed by atoms with Crippen molar-refractivity contribution in [1.82, 2.24) is 15.4 Å². The van der Waals surface area contributed by atoms with Gasteiger partial charge in [-0.15, -0.1) is 0 Å². The number of halogens is 1. The number of benzene rings is 1. The van der Waals surface area contributed by atoms with Gasteiger partial charge < -0.3 is 15.4 Å². The number of amides is 1. The number of carbonyl (C=O) groups excluding carboxylic acids is 2. The topological polar surface area (TPSA) is 70.2 Å². The van der Waals surface area contributed by atoms with Crippen LogP contribution in [0.1, 0.15) is 67.2 Å². The Balaban J connectivity index is 0.000000245. The van der Waals surface area contributed by atoms with Crippen LogP contribution in [-0.4, -0.2) is 36.9 Å². The second-order valence-electron chi connectivity index (χ2n) is 11.0. The van der Waals surface area contributed by atoms with Crippen LogP contribution in [0.25, 0.3) is 0 Å². The van der Waals surface area contributed by atoms with Crippen LogP contribution >= 0.6 is 27.9 Å². The van der Waals surface area contributed by atoms with Gasteiger partial charge in [0.2, 0.25) is 5.91 Å². The Morgan fingerprint density at radius 1 is 1.24 bits per heavy atom. The molecule has 5 unspecified atom stereocenters. The molecule has 0 saturated heterocycles. The summed E-state index contributed by atoms with van der Waals surface area (Å²) in [5, 5.41) is 6.62. The zero-order valence-corrected chi connectivity index (χ0v) is 23.6. The van der Waals surface area contributed by atoms with Gasteiger partial charge in [0.1, 0.15) is 6.29 Å². The normalized spacial score (nSPS) is 29.1. The maximum atomic E-state index is 12.5. The van der Waals surface area contributed by atoms with Gasteiger partial charge in [-0.2, -0.15) is 0 Å². The van der Waals surface area contributed by atoms with Crippen LogP contribution in [0.2, 0.25) is 0 Å². The molecule has 186 valence electrons. The van der Waals surface area contributed by atoms with E-state index in [0.29, 0.717) is 12.0 Å². The van der Waals surface area contributed by atoms with Crippen molar-refractivity contribution in [3.05, 3.63) is 28.7 Å². The minimum Gasteiger partial charge on any atom is -0.353 e. The number of rotatable bonds is 7. The fourth-order valence-corrected chi connectivity index (χ4v) is 6.63. The maximum absolute atomic E-state index is 12.5. The number of hydrogen-bond donors (Lipinski definition) is 3. The molecule has 2 saturated carbocycles. The lowest BCUT2D eigenvalue weighted by atomic mass is 9.57. The lowest BCUT2D eigenvalue weighted by Crippen LogP contribution is -2.53. The number of hydrogen-bond acceptors (Lipinski definition) is 5. The molecular formula is C26H42BrN3O2S. The van der Waals surface area contributed by atoms with Gasteiger partial charge in [-0.05, 0) is 118 Å². The first kappa shape index (κ1) is 28.3. The molecule has 0 radical (unpaired) electrons. The Bertz CT molecular complexity index is 801. The third-order valence-electron chi connectivity index (χ3n) is 6.77. The zero-order chi connectivity index (χ0) is 24.8. The molecule has 5 nitrogen and oxygen atoms in total. The van der Waals surface area contributed by atoms with Crippen LogP contribution in [0.5, 0.6) is 0 Å². The van der Waals surface area contributed by atoms with Gasteiger partial charge in [0.05, 0.1) is 5.54 Å². The summed E-state index contributed by atoms with van der Waals surface area (Å²) >= 11 is 4.89. The van der Waals surface area contributed by atoms with E-state index < -0.39 is 5.54 Å². The zero-order valence-electron chi connectivity index (χ0n) is 21.2. The highest BCUT2D eigenvalue weighted by molar-refractivity contribution is 9.10. The maximum Gasteiger partial charge on any atom is 0.226 e. The molecule has 2 bridgehead atoms. The fourth-order valence-electron chi connectivity index (χ4n) is 5.36. The average Bonchev–Trinajstić information content (AvgIpc) is 2.73. The Labute approximate surface area is 213 Å². The van der Waals surface area contributed by atoms with Crippen LogP contribution in [0.15, 0.2) is 33.6 Å². The van der Waals surface area contributed by atoms with E-state index in [1.165, 1.54) is 24.8 Å². The summed E-state index contributed by atoms with van der Waals surface area (Å²) in [6.07, 6.45) is 5.59. The molecule has 7 heteroatoms. The summed E-state index contributed by atoms with van der Waals surface area (Å²) in [7, 11) is 2.07. The van der Waals surface area contributed by atoms with E-state index in [1.54, 1.807) is 0 Å². The lowest BCUT2D eigenvalue weighted by Gasteiger charge is -2.50. The molecule has 2 aliphatic carbocycles. The van der Waals surface area contributed by atoms with Gasteiger partial charge >= 0.3 is 0 Å². The second-order valence-corrected chi connectivity index (χ2v) is 12.7. The average molecular weight is 541 g/mol. The largest absolute Gasteiger partial charge is 0.353 e. The molecule has 5 atom stereocenters. The molecule has 3 N–H and O–H groups in total. The highest BCUT2D eigenvalue weighted by atomic mass is 79.9. The molecule has 1 aromatic carbocycles. The van der Waals surface area contributed by atoms with Crippen molar-refractivity contribution < 1.29 is 9.59 Å². The molecular weight excluding hydrogens is 498 g/mol. The van der Waals surface area contributed by atoms with Crippen molar-refractivity contribution in [1.29, 1.82) is 0 Å². The minimum atomic E-state index is -0.500. The molecule has 1 amide bonds. The first-order valence-corrected chi connectivity index (χ1v) is 13.6. The van der Waals surface area contributed by atoms with Gasteiger partial charge in [-0.1, -0.05) is 26.0 Å². The highest BCUT2D eigenvalue weighted by Crippen LogP contribution is 2.50. The molecule has 2 fully saturated rings. The van der Waals surface area contributed by atoms with Crippen LogP contribution in [0.4, 0.5) is 0 Å². The number of fused-ring (bicyclic) bond motifs is 2. The van der Waals surface area contributed by atoms with Crippen molar-refractivity contribution >= 4 is 40.1 Å². The number of nitrogens with one attached hydrogen (secondary N) is 3. The Morgan fingerprint density at radius 3 is 2.48 bits per heavy atom. The predicted octanol–water partition coefficient (Wildman–Crippen LogP) is 5.58. The van der Waals surface area contributed by atoms with Crippen molar-refractivity contribution in [2.45, 2.75) is 89.7 Å². The van der Waals surface area contributed by atoms with E-state index in [9.17, 15) is 9.59 Å².